The Kier molecular flexibility index (Phi) is 7.96. The van der Waals surface area contributed by atoms with E-state index in [1.165, 1.54) is 45.9 Å². The largest absolute Gasteiger partial charge is 0.435 e. The molecular weight excluding hydrogens is 446 g/mol. The molecule has 1 amide bonds. The van der Waals surface area contributed by atoms with Crippen LogP contribution in [-0.2, 0) is 11.3 Å². The highest BCUT2D eigenvalue weighted by molar-refractivity contribution is 6.05. The summed E-state index contributed by atoms with van der Waals surface area (Å²) in [6.45, 7) is -0.803. The van der Waals surface area contributed by atoms with Crippen molar-refractivity contribution in [2.45, 2.75) is 26.5 Å². The quantitative estimate of drug-likeness (QED) is 0.467. The molecule has 0 radical (unpaired) electrons. The van der Waals surface area contributed by atoms with E-state index in [-0.39, 0.29) is 30.3 Å². The summed E-state index contributed by atoms with van der Waals surface area (Å²) in [5.74, 6) is -0.663. The van der Waals surface area contributed by atoms with Gasteiger partial charge in [0.05, 0.1) is 6.54 Å². The summed E-state index contributed by atoms with van der Waals surface area (Å²) in [7, 11) is 0. The molecule has 3 rings (SSSR count). The van der Waals surface area contributed by atoms with Crippen LogP contribution in [0.4, 0.5) is 20.3 Å². The first-order chi connectivity index (χ1) is 16.3. The molecule has 10 heteroatoms. The number of carbonyl (C=O) groups excluding carboxylic acids is 1. The lowest BCUT2D eigenvalue weighted by Gasteiger charge is -2.23. The normalized spacial score (nSPS) is 11.2. The first-order valence-corrected chi connectivity index (χ1v) is 10.5. The second-order valence-electron chi connectivity index (χ2n) is 7.34. The number of ether oxygens (including phenoxy) is 1. The molecule has 2 aromatic carbocycles. The Balaban J connectivity index is 1.91. The van der Waals surface area contributed by atoms with Gasteiger partial charge in [-0.25, -0.2) is 4.79 Å². The average Bonchev–Trinajstić information content (AvgIpc) is 2.81. The Morgan fingerprint density at radius 1 is 1.15 bits per heavy atom. The molecule has 0 aliphatic heterocycles. The molecule has 178 valence electrons. The molecule has 34 heavy (non-hydrogen) atoms. The molecule has 1 aromatic heterocycles. The highest BCUT2D eigenvalue weighted by Crippen LogP contribution is 2.20. The number of hydrogen-bond donors (Lipinski definition) is 2. The third kappa shape index (κ3) is 5.97. The van der Waals surface area contributed by atoms with Crippen LogP contribution in [0.25, 0.3) is 6.08 Å². The highest BCUT2D eigenvalue weighted by atomic mass is 19.3. The highest BCUT2D eigenvalue weighted by Gasteiger charge is 2.22. The molecule has 0 bridgehead atoms. The van der Waals surface area contributed by atoms with Crippen molar-refractivity contribution in [2.75, 3.05) is 17.2 Å². The molecule has 0 spiro atoms. The minimum Gasteiger partial charge on any atom is -0.435 e. The van der Waals surface area contributed by atoms with Crippen LogP contribution >= 0.6 is 0 Å². The molecule has 0 atom stereocenters. The maximum Gasteiger partial charge on any atom is 0.387 e. The van der Waals surface area contributed by atoms with Gasteiger partial charge in [0, 0.05) is 12.6 Å². The zero-order valence-corrected chi connectivity index (χ0v) is 18.4. The number of hydrogen-bond acceptors (Lipinski definition) is 5. The minimum absolute atomic E-state index is 0.00827. The summed E-state index contributed by atoms with van der Waals surface area (Å²) in [4.78, 5) is 41.5. The molecule has 0 saturated carbocycles. The molecule has 3 N–H and O–H groups in total. The fraction of sp³-hybridized carbons (Fsp3) is 0.208. The lowest BCUT2D eigenvalue weighted by Crippen LogP contribution is -2.41. The number of nitrogens with two attached hydrogens (primary N) is 1. The number of carbonyl (C=O) groups is 1. The van der Waals surface area contributed by atoms with E-state index in [2.05, 4.69) is 9.72 Å². The van der Waals surface area contributed by atoms with Crippen LogP contribution in [0.5, 0.6) is 5.75 Å². The number of anilines is 2. The Morgan fingerprint density at radius 2 is 1.82 bits per heavy atom. The summed E-state index contributed by atoms with van der Waals surface area (Å²) in [6, 6.07) is 14.8. The van der Waals surface area contributed by atoms with E-state index in [4.69, 9.17) is 5.73 Å². The smallest absolute Gasteiger partial charge is 0.387 e. The zero-order valence-electron chi connectivity index (χ0n) is 18.4. The van der Waals surface area contributed by atoms with Crippen LogP contribution in [0.2, 0.25) is 0 Å². The number of alkyl halides is 2. The maximum atomic E-state index is 13.0. The van der Waals surface area contributed by atoms with E-state index in [0.717, 1.165) is 5.56 Å². The van der Waals surface area contributed by atoms with Gasteiger partial charge in [0.1, 0.15) is 11.6 Å². The van der Waals surface area contributed by atoms with E-state index in [9.17, 15) is 23.2 Å². The molecular formula is C24H24F2N4O4. The molecule has 1 heterocycles. The monoisotopic (exact) mass is 470 g/mol. The number of halogens is 2. The van der Waals surface area contributed by atoms with E-state index in [1.807, 2.05) is 37.3 Å². The summed E-state index contributed by atoms with van der Waals surface area (Å²) in [5.41, 5.74) is 6.00. The van der Waals surface area contributed by atoms with Crippen LogP contribution in [0, 0.1) is 0 Å². The van der Waals surface area contributed by atoms with Crippen molar-refractivity contribution in [3.63, 3.8) is 0 Å². The molecule has 0 saturated heterocycles. The van der Waals surface area contributed by atoms with Gasteiger partial charge in [-0.3, -0.25) is 19.1 Å². The average molecular weight is 470 g/mol. The molecule has 0 fully saturated rings. The molecule has 3 aromatic rings. The van der Waals surface area contributed by atoms with E-state index < -0.39 is 23.8 Å². The Labute approximate surface area is 193 Å². The summed E-state index contributed by atoms with van der Waals surface area (Å²) in [6.07, 6.45) is 3.24. The van der Waals surface area contributed by atoms with Gasteiger partial charge in [-0.05, 0) is 35.8 Å². The standard InChI is InChI=1S/C24H24F2N4O4/c1-2-14-29(19(31)13-10-16-8-11-18(12-9-16)34-23(25)26)20-21(27)30(24(33)28-22(20)32)15-17-6-4-3-5-7-17/h3-13,23H,2,14-15,27H2,1H3,(H,28,32,33). The van der Waals surface area contributed by atoms with Crippen molar-refractivity contribution < 1.29 is 18.3 Å². The molecule has 8 nitrogen and oxygen atoms in total. The van der Waals surface area contributed by atoms with Crippen molar-refractivity contribution in [3.8, 4) is 5.75 Å². The van der Waals surface area contributed by atoms with Crippen LogP contribution in [0.3, 0.4) is 0 Å². The number of aromatic nitrogens is 2. The SMILES string of the molecule is CCCN(C(=O)C=Cc1ccc(OC(F)F)cc1)c1c(N)n(Cc2ccccc2)c(=O)[nH]c1=O. The van der Waals surface area contributed by atoms with Gasteiger partial charge in [-0.1, -0.05) is 49.4 Å². The van der Waals surface area contributed by atoms with E-state index in [0.29, 0.717) is 12.0 Å². The first-order valence-electron chi connectivity index (χ1n) is 10.5. The van der Waals surface area contributed by atoms with Crippen molar-refractivity contribution in [3.05, 3.63) is 92.6 Å². The number of benzene rings is 2. The number of nitrogens with zero attached hydrogens (tertiary/aromatic N) is 2. The topological polar surface area (TPSA) is 110 Å². The van der Waals surface area contributed by atoms with Gasteiger partial charge < -0.3 is 15.4 Å². The van der Waals surface area contributed by atoms with Gasteiger partial charge in [-0.15, -0.1) is 0 Å². The fourth-order valence-corrected chi connectivity index (χ4v) is 3.33. The van der Waals surface area contributed by atoms with Crippen LogP contribution in [-0.4, -0.2) is 28.6 Å². The zero-order chi connectivity index (χ0) is 24.7. The van der Waals surface area contributed by atoms with Gasteiger partial charge in [-0.2, -0.15) is 8.78 Å². The first kappa shape index (κ1) is 24.4. The molecule has 0 aliphatic rings. The Hall–Kier alpha value is -4.21. The Bertz CT molecular complexity index is 1270. The lowest BCUT2D eigenvalue weighted by atomic mass is 10.2. The number of H-pyrrole nitrogens is 1. The van der Waals surface area contributed by atoms with E-state index in [1.54, 1.807) is 0 Å². The summed E-state index contributed by atoms with van der Waals surface area (Å²) < 4.78 is 30.1. The minimum atomic E-state index is -2.93. The predicted octanol–water partition coefficient (Wildman–Crippen LogP) is 3.22. The molecule has 0 unspecified atom stereocenters. The second-order valence-corrected chi connectivity index (χ2v) is 7.34. The molecule has 0 aliphatic carbocycles. The number of nitrogens with one attached hydrogen (secondary N) is 1. The lowest BCUT2D eigenvalue weighted by molar-refractivity contribution is -0.114. The predicted molar refractivity (Wildman–Crippen MR) is 126 cm³/mol. The van der Waals surface area contributed by atoms with Gasteiger partial charge in [0.15, 0.2) is 5.69 Å². The summed E-state index contributed by atoms with van der Waals surface area (Å²) >= 11 is 0. The van der Waals surface area contributed by atoms with Crippen LogP contribution in [0.15, 0.2) is 70.3 Å². The van der Waals surface area contributed by atoms with E-state index >= 15 is 0 Å². The number of aromatic amines is 1. The van der Waals surface area contributed by atoms with Crippen LogP contribution in [0.1, 0.15) is 24.5 Å². The number of amides is 1. The number of nitrogen functional groups attached to an aromatic ring is 1. The Morgan fingerprint density at radius 3 is 2.44 bits per heavy atom. The second kappa shape index (κ2) is 11.1. The fourth-order valence-electron chi connectivity index (χ4n) is 3.33. The van der Waals surface area contributed by atoms with Gasteiger partial charge in [0.2, 0.25) is 0 Å². The van der Waals surface area contributed by atoms with Crippen molar-refractivity contribution >= 4 is 23.5 Å². The van der Waals surface area contributed by atoms with Crippen molar-refractivity contribution in [1.29, 1.82) is 0 Å². The van der Waals surface area contributed by atoms with Crippen LogP contribution < -0.4 is 26.6 Å². The third-order valence-electron chi connectivity index (χ3n) is 4.90. The maximum absolute atomic E-state index is 13.0. The number of rotatable bonds is 9. The van der Waals surface area contributed by atoms with Crippen molar-refractivity contribution in [1.82, 2.24) is 9.55 Å². The summed E-state index contributed by atoms with van der Waals surface area (Å²) in [5, 5.41) is 0. The van der Waals surface area contributed by atoms with Gasteiger partial charge >= 0.3 is 12.3 Å². The van der Waals surface area contributed by atoms with Gasteiger partial charge in [0.25, 0.3) is 11.5 Å². The van der Waals surface area contributed by atoms with Crippen molar-refractivity contribution in [2.24, 2.45) is 0 Å². The third-order valence-corrected chi connectivity index (χ3v) is 4.90.